The first-order chi connectivity index (χ1) is 67.8. The molecule has 0 radical (unpaired) electrons. The molecule has 0 bridgehead atoms. The Hall–Kier alpha value is -10.2. The number of aromatic carboxylic acids is 2. The average molecular weight is 2000 g/mol. The Morgan fingerprint density at radius 3 is 1.20 bits per heavy atom. The van der Waals surface area contributed by atoms with Crippen LogP contribution in [-0.2, 0) is 73.5 Å². The van der Waals surface area contributed by atoms with Gasteiger partial charge in [-0.25, -0.2) is 19.4 Å². The van der Waals surface area contributed by atoms with Crippen molar-refractivity contribution in [2.45, 2.75) is 371 Å². The van der Waals surface area contributed by atoms with Crippen molar-refractivity contribution in [3.05, 3.63) is 77.9 Å². The molecule has 35 nitrogen and oxygen atoms in total. The third-order valence-corrected chi connectivity index (χ3v) is 26.4. The molecule has 1 aromatic heterocycles. The number of imidazole rings is 1. The van der Waals surface area contributed by atoms with Gasteiger partial charge in [0.25, 0.3) is 0 Å². The maximum absolute atomic E-state index is 14.2. The number of aromatic nitrogens is 2. The van der Waals surface area contributed by atoms with Gasteiger partial charge in [0.05, 0.1) is 67.3 Å². The molecule has 8 atom stereocenters. The number of aromatic amines is 1. The van der Waals surface area contributed by atoms with Crippen LogP contribution < -0.4 is 41.4 Å². The zero-order valence-electron chi connectivity index (χ0n) is 87.0. The highest BCUT2D eigenvalue weighted by Gasteiger charge is 2.34. The van der Waals surface area contributed by atoms with E-state index < -0.39 is 77.3 Å². The Morgan fingerprint density at radius 2 is 0.761 bits per heavy atom. The number of benzene rings is 2. The molecule has 3 aromatic rings. The van der Waals surface area contributed by atoms with E-state index in [9.17, 15) is 92.0 Å². The van der Waals surface area contributed by atoms with Crippen LogP contribution in [-0.4, -0.2) is 288 Å². The van der Waals surface area contributed by atoms with Gasteiger partial charge in [-0.05, 0) is 253 Å². The molecule has 800 valence electrons. The van der Waals surface area contributed by atoms with E-state index in [1.807, 2.05) is 76.0 Å². The lowest BCUT2D eigenvalue weighted by atomic mass is 9.78. The summed E-state index contributed by atoms with van der Waals surface area (Å²) in [6.07, 6.45) is 31.4. The van der Waals surface area contributed by atoms with Crippen LogP contribution in [0.3, 0.4) is 0 Å². The smallest absolute Gasteiger partial charge is 0.335 e. The van der Waals surface area contributed by atoms with E-state index in [0.717, 1.165) is 102 Å². The van der Waals surface area contributed by atoms with E-state index in [1.54, 1.807) is 44.3 Å². The van der Waals surface area contributed by atoms with Crippen molar-refractivity contribution >= 4 is 94.1 Å². The number of H-pyrrole nitrogens is 1. The summed E-state index contributed by atoms with van der Waals surface area (Å²) in [5.74, 6) is -7.43. The van der Waals surface area contributed by atoms with Crippen molar-refractivity contribution in [2.24, 2.45) is 17.3 Å². The number of carbonyl (C=O) groups excluding carboxylic acids is 11. The van der Waals surface area contributed by atoms with Gasteiger partial charge < -0.3 is 66.6 Å². The number of nitrogens with one attached hydrogen (secondary N) is 7. The summed E-state index contributed by atoms with van der Waals surface area (Å²) >= 11 is 0. The van der Waals surface area contributed by atoms with Gasteiger partial charge in [0, 0.05) is 114 Å². The van der Waals surface area contributed by atoms with Crippen molar-refractivity contribution in [3.8, 4) is 11.5 Å². The highest BCUT2D eigenvalue weighted by atomic mass is 16.5. The number of hydrogen-bond acceptors (Lipinski definition) is 24. The Morgan fingerprint density at radius 1 is 0.359 bits per heavy atom. The molecule has 0 aliphatic rings. The molecule has 2 aromatic carbocycles. The van der Waals surface area contributed by atoms with E-state index in [2.05, 4.69) is 41.9 Å². The van der Waals surface area contributed by atoms with Crippen molar-refractivity contribution in [1.82, 2.24) is 61.5 Å². The first kappa shape index (κ1) is 126. The molecule has 0 saturated heterocycles. The monoisotopic (exact) mass is 2000 g/mol. The van der Waals surface area contributed by atoms with Crippen LogP contribution in [0.1, 0.15) is 355 Å². The fourth-order valence-corrected chi connectivity index (χ4v) is 17.4. The van der Waals surface area contributed by atoms with Gasteiger partial charge in [-0.3, -0.25) is 87.2 Å². The number of unbranched alkanes of at least 4 members (excludes halogenated alkanes) is 22. The topological polar surface area (TPSA) is 507 Å². The number of Topliss-reactive ketones (excluding diaryl/α,β-unsaturated/α-hetero) is 6. The summed E-state index contributed by atoms with van der Waals surface area (Å²) in [5.41, 5.74) is 0.221. The second-order valence-corrected chi connectivity index (χ2v) is 39.7. The zero-order valence-corrected chi connectivity index (χ0v) is 87.0. The minimum Gasteiger partial charge on any atom is -0.494 e. The Labute approximate surface area is 843 Å². The molecule has 12 N–H and O–H groups in total. The van der Waals surface area contributed by atoms with Gasteiger partial charge in [0.2, 0.25) is 29.5 Å². The van der Waals surface area contributed by atoms with Crippen LogP contribution in [0.15, 0.2) is 61.1 Å². The first-order valence-corrected chi connectivity index (χ1v) is 52.3. The lowest BCUT2D eigenvalue weighted by Crippen LogP contribution is -2.44. The lowest BCUT2D eigenvalue weighted by Gasteiger charge is -2.25. The molecular weight excluding hydrogens is 1820 g/mol. The largest absolute Gasteiger partial charge is 0.494 e. The molecule has 142 heavy (non-hydrogen) atoms. The predicted octanol–water partition coefficient (Wildman–Crippen LogP) is 14.2. The van der Waals surface area contributed by atoms with Crippen molar-refractivity contribution in [1.29, 1.82) is 0 Å². The van der Waals surface area contributed by atoms with E-state index in [0.29, 0.717) is 192 Å². The normalized spacial score (nSPS) is 13.3. The summed E-state index contributed by atoms with van der Waals surface area (Å²) in [4.78, 5) is 220. The number of aryl methyl sites for hydroxylation is 1. The molecule has 0 aliphatic carbocycles. The minimum absolute atomic E-state index is 0.00104. The van der Waals surface area contributed by atoms with Gasteiger partial charge in [0.15, 0.2) is 0 Å². The van der Waals surface area contributed by atoms with E-state index in [1.165, 1.54) is 30.6 Å². The van der Waals surface area contributed by atoms with Gasteiger partial charge in [-0.15, -0.1) is 0 Å². The van der Waals surface area contributed by atoms with Gasteiger partial charge in [0.1, 0.15) is 58.3 Å². The molecule has 0 fully saturated rings. The van der Waals surface area contributed by atoms with Crippen LogP contribution in [0.4, 0.5) is 0 Å². The minimum atomic E-state index is -1.19. The maximum atomic E-state index is 14.2. The molecule has 0 aliphatic heterocycles. The molecule has 1 heterocycles. The van der Waals surface area contributed by atoms with E-state index >= 15 is 0 Å². The van der Waals surface area contributed by atoms with Crippen LogP contribution in [0, 0.1) is 17.3 Å². The number of ether oxygens (including phenoxy) is 2. The number of carboxylic acid groups (broad SMARTS) is 5. The summed E-state index contributed by atoms with van der Waals surface area (Å²) < 4.78 is 11.4. The standard InChI is InChI=1S/C107H174N12O23/c1-107(2,74-85(122)58-57-82-75-108-77-114-82)96(125)65-55-78(41-31-35-68-110-99(128)92(118(7)8)47-28-24-29-49-94(123)90(116(3)4)45-33-37-67-109-97(126)66-56-81(104(135)136)73-84(121)43-25-19-15-11-13-17-21-39-71-141-86-60-51-79(52-61-86)102(131)132)95(124)76-113-88(105(137)138)44-32-36-69-111-101(130)93(119(9)10)48-34-38-70-112-100(129)91(117(5)6)46-27-23-26-42-83(120)59-64-89(106(139)140)115-98(127)50-30-20-16-12-14-18-22-40-72-142-87-62-53-80(54-63-87)103(133)134/h51-54,60-63,75,77-78,81,88-93,113H,11-50,55-59,64-74,76H2,1-10H3,(H,108,114)(H,109,126)(H,110,128)(H,111,130)(H,112,129)(H,115,127)(H,131,132)(H,133,134)(H,135,136)(H,137,138)(H,139,140)/t78-,81-,88?,89+,90+,91+,92+,93+/m1/s1. The summed E-state index contributed by atoms with van der Waals surface area (Å²) in [6, 6.07) is 8.78. The Balaban J connectivity index is 1.35. The molecular formula is C107H174N12O23. The molecule has 0 saturated carbocycles. The van der Waals surface area contributed by atoms with Crippen LogP contribution in [0.25, 0.3) is 0 Å². The number of carbonyl (C=O) groups is 16. The SMILES string of the molecule is CN(C)[C@@H](CCCCNC(=O)CC[C@H](CC(=O)CCCCCCCCCCOc1ccc(C(=O)O)cc1)C(=O)O)C(=O)CCCCC[C@@H](C(=O)NCCCC[C@H](CCC(=O)C(C)(C)CC(=O)CCc1cnc[nH]1)C(=O)CNC(CCCCNC(=O)[C@H](CCCCNC(=O)[C@H](CCCCCC(=O)CC[C@H](NC(=O)CCCCCCCCCCOc1ccc(C(=O)O)cc1)C(=O)O)N(C)C)N(C)C)C(=O)O)N(C)C. The predicted molar refractivity (Wildman–Crippen MR) is 546 cm³/mol. The number of nitrogens with zero attached hydrogens (tertiary/aromatic N) is 5. The van der Waals surface area contributed by atoms with Crippen molar-refractivity contribution in [3.63, 3.8) is 0 Å². The second kappa shape index (κ2) is 74.6. The van der Waals surface area contributed by atoms with E-state index in [-0.39, 0.29) is 172 Å². The second-order valence-electron chi connectivity index (χ2n) is 39.7. The number of amides is 5. The Bertz CT molecular complexity index is 4200. The third-order valence-electron chi connectivity index (χ3n) is 26.4. The summed E-state index contributed by atoms with van der Waals surface area (Å²) in [7, 11) is 14.7. The molecule has 1 unspecified atom stereocenters. The molecule has 3 rings (SSSR count). The van der Waals surface area contributed by atoms with Crippen LogP contribution in [0.5, 0.6) is 11.5 Å². The summed E-state index contributed by atoms with van der Waals surface area (Å²) in [5, 5.41) is 65.6. The quantitative estimate of drug-likeness (QED) is 0.0234. The van der Waals surface area contributed by atoms with Crippen molar-refractivity contribution in [2.75, 3.05) is 102 Å². The average Bonchev–Trinajstić information content (AvgIpc) is 1.06. The molecule has 0 spiro atoms. The number of likely N-dealkylation sites (N-methyl/N-ethyl adjacent to an activating group) is 4. The number of rotatable bonds is 91. The highest BCUT2D eigenvalue weighted by Crippen LogP contribution is 2.30. The van der Waals surface area contributed by atoms with Crippen LogP contribution in [0.2, 0.25) is 0 Å². The van der Waals surface area contributed by atoms with Crippen LogP contribution >= 0.6 is 0 Å². The first-order valence-electron chi connectivity index (χ1n) is 52.3. The van der Waals surface area contributed by atoms with Gasteiger partial charge in [-0.2, -0.15) is 0 Å². The number of ketones is 6. The number of carboxylic acids is 5. The third kappa shape index (κ3) is 57.9. The fraction of sp³-hybridized carbons (Fsp3) is 0.710. The van der Waals surface area contributed by atoms with E-state index in [4.69, 9.17) is 19.7 Å². The highest BCUT2D eigenvalue weighted by molar-refractivity contribution is 5.92. The zero-order chi connectivity index (χ0) is 105. The number of hydrogen-bond donors (Lipinski definition) is 12. The lowest BCUT2D eigenvalue weighted by molar-refractivity contribution is -0.144. The van der Waals surface area contributed by atoms with Gasteiger partial charge in [-0.1, -0.05) is 123 Å². The molecule has 35 heteroatoms. The fourth-order valence-electron chi connectivity index (χ4n) is 17.4. The van der Waals surface area contributed by atoms with Crippen molar-refractivity contribution < 1.29 is 112 Å². The maximum Gasteiger partial charge on any atom is 0.335 e. The number of aliphatic carboxylic acids is 3. The van der Waals surface area contributed by atoms with Gasteiger partial charge >= 0.3 is 29.8 Å². The summed E-state index contributed by atoms with van der Waals surface area (Å²) in [6.45, 7) is 5.65. The Kier molecular flexibility index (Phi) is 66.2. The molecule has 5 amide bonds.